The van der Waals surface area contributed by atoms with Gasteiger partial charge in [0.05, 0.1) is 29.5 Å². The van der Waals surface area contributed by atoms with Crippen molar-refractivity contribution in [2.24, 2.45) is 0 Å². The highest BCUT2D eigenvalue weighted by molar-refractivity contribution is 7.53. The van der Waals surface area contributed by atoms with Gasteiger partial charge in [0.1, 0.15) is 19.3 Å². The van der Waals surface area contributed by atoms with Gasteiger partial charge in [-0.15, -0.1) is 0 Å². The van der Waals surface area contributed by atoms with E-state index >= 15 is 0 Å². The molecule has 0 amide bonds. The third-order valence-electron chi connectivity index (χ3n) is 4.84. The van der Waals surface area contributed by atoms with E-state index in [-0.39, 0.29) is 0 Å². The van der Waals surface area contributed by atoms with Gasteiger partial charge in [0.25, 0.3) is 0 Å². The summed E-state index contributed by atoms with van der Waals surface area (Å²) in [5.74, 6) is 0. The second-order valence-electron chi connectivity index (χ2n) is 8.66. The number of alkyl halides is 1. The van der Waals surface area contributed by atoms with E-state index in [1.54, 1.807) is 32.2 Å². The summed E-state index contributed by atoms with van der Waals surface area (Å²) in [4.78, 5) is 27.2. The Hall–Kier alpha value is -2.80. The molecule has 13 nitrogen and oxygen atoms in total. The van der Waals surface area contributed by atoms with Crippen LogP contribution in [0.1, 0.15) is 51.9 Å². The first-order valence-corrected chi connectivity index (χ1v) is 13.8. The molecule has 1 atom stereocenters. The Morgan fingerprint density at radius 1 is 1.03 bits per heavy atom. The lowest BCUT2D eigenvalue weighted by Crippen LogP contribution is -2.20. The molecule has 15 heteroatoms. The first kappa shape index (κ1) is 31.4. The smallest absolute Gasteiger partial charge is 0.432 e. The molecule has 0 aliphatic heterocycles. The molecule has 0 radical (unpaired) electrons. The summed E-state index contributed by atoms with van der Waals surface area (Å²) in [6.45, 7) is 5.88. The Morgan fingerprint density at radius 2 is 1.63 bits per heavy atom. The SMILES string of the molecule is Cc1ncnn2c(CCCC(CF)OCP(=O)(OCOC(=O)OC(C)C)OCOC(=O)OC(C)C)ccc12. The van der Waals surface area contributed by atoms with Gasteiger partial charge < -0.3 is 23.7 Å². The number of halogens is 1. The molecular formula is C23H35FN3O10P. The van der Waals surface area contributed by atoms with Crippen molar-refractivity contribution >= 4 is 25.4 Å². The molecule has 0 aliphatic carbocycles. The van der Waals surface area contributed by atoms with E-state index in [4.69, 9.17) is 32.7 Å². The summed E-state index contributed by atoms with van der Waals surface area (Å²) in [5.41, 5.74) is 2.65. The highest BCUT2D eigenvalue weighted by Gasteiger charge is 2.29. The molecule has 0 aromatic carbocycles. The molecule has 0 N–H and O–H groups in total. The number of carbonyl (C=O) groups is 2. The fourth-order valence-electron chi connectivity index (χ4n) is 3.09. The van der Waals surface area contributed by atoms with Crippen molar-refractivity contribution in [1.29, 1.82) is 0 Å². The largest absolute Gasteiger partial charge is 0.510 e. The number of rotatable bonds is 16. The third kappa shape index (κ3) is 10.9. The van der Waals surface area contributed by atoms with Crippen molar-refractivity contribution in [2.45, 2.75) is 72.2 Å². The zero-order valence-corrected chi connectivity index (χ0v) is 23.1. The van der Waals surface area contributed by atoms with Crippen LogP contribution in [0.15, 0.2) is 18.5 Å². The molecule has 0 bridgehead atoms. The van der Waals surface area contributed by atoms with Gasteiger partial charge in [-0.3, -0.25) is 13.6 Å². The Bertz CT molecular complexity index is 1050. The molecule has 0 aliphatic rings. The number of aromatic nitrogens is 3. The van der Waals surface area contributed by atoms with Crippen LogP contribution < -0.4 is 0 Å². The van der Waals surface area contributed by atoms with E-state index in [0.717, 1.165) is 16.9 Å². The molecule has 0 spiro atoms. The van der Waals surface area contributed by atoms with Gasteiger partial charge in [-0.05, 0) is 66.0 Å². The standard InChI is InChI=1S/C23H35FN3O10P/c1-16(2)36-22(28)31-13-34-38(30,35-14-32-23(29)37-17(3)4)15-33-20(11-24)8-6-7-19-9-10-21-18(5)25-12-26-27(19)21/h9-10,12,16-17,20H,6-8,11,13-15H2,1-5H3. The summed E-state index contributed by atoms with van der Waals surface area (Å²) in [5, 5.41) is 4.24. The summed E-state index contributed by atoms with van der Waals surface area (Å²) in [7, 11) is -4.16. The Labute approximate surface area is 220 Å². The van der Waals surface area contributed by atoms with Crippen molar-refractivity contribution < 1.29 is 51.3 Å². The quantitative estimate of drug-likeness (QED) is 0.155. The van der Waals surface area contributed by atoms with Crippen LogP contribution in [0.5, 0.6) is 0 Å². The number of hydrogen-bond acceptors (Lipinski definition) is 12. The van der Waals surface area contributed by atoms with Gasteiger partial charge in [-0.25, -0.2) is 23.5 Å². The molecule has 0 saturated heterocycles. The number of carbonyl (C=O) groups excluding carboxylic acids is 2. The zero-order chi connectivity index (χ0) is 28.1. The van der Waals surface area contributed by atoms with Crippen LogP contribution in [0.25, 0.3) is 5.52 Å². The van der Waals surface area contributed by atoms with Crippen molar-refractivity contribution in [3.8, 4) is 0 Å². The molecule has 0 fully saturated rings. The fourth-order valence-corrected chi connectivity index (χ4v) is 4.13. The maximum Gasteiger partial charge on any atom is 0.510 e. The molecule has 2 aromatic heterocycles. The van der Waals surface area contributed by atoms with Crippen LogP contribution in [0.4, 0.5) is 14.0 Å². The summed E-state index contributed by atoms with van der Waals surface area (Å²) in [6, 6.07) is 3.84. The number of nitrogens with zero attached hydrogens (tertiary/aromatic N) is 3. The fraction of sp³-hybridized carbons (Fsp3) is 0.652. The van der Waals surface area contributed by atoms with Crippen LogP contribution >= 0.6 is 7.60 Å². The normalized spacial score (nSPS) is 12.6. The van der Waals surface area contributed by atoms with Crippen molar-refractivity contribution in [2.75, 3.05) is 26.6 Å². The maximum absolute atomic E-state index is 13.7. The number of hydrogen-bond donors (Lipinski definition) is 0. The molecule has 214 valence electrons. The minimum absolute atomic E-state index is 0.294. The molecule has 1 unspecified atom stereocenters. The highest BCUT2D eigenvalue weighted by atomic mass is 31.2. The van der Waals surface area contributed by atoms with E-state index < -0.39 is 64.8 Å². The number of fused-ring (bicyclic) bond motifs is 1. The van der Waals surface area contributed by atoms with Gasteiger partial charge in [0.2, 0.25) is 13.6 Å². The van der Waals surface area contributed by atoms with Gasteiger partial charge in [0, 0.05) is 5.69 Å². The predicted molar refractivity (Wildman–Crippen MR) is 131 cm³/mol. The zero-order valence-electron chi connectivity index (χ0n) is 22.2. The number of ether oxygens (including phenoxy) is 5. The second kappa shape index (κ2) is 15.6. The maximum atomic E-state index is 13.7. The summed E-state index contributed by atoms with van der Waals surface area (Å²) < 4.78 is 63.1. The Morgan fingerprint density at radius 3 is 2.18 bits per heavy atom. The minimum atomic E-state index is -4.16. The van der Waals surface area contributed by atoms with E-state index in [9.17, 15) is 18.5 Å². The average Bonchev–Trinajstić information content (AvgIpc) is 3.24. The molecule has 2 aromatic rings. The highest BCUT2D eigenvalue weighted by Crippen LogP contribution is 2.48. The van der Waals surface area contributed by atoms with Gasteiger partial charge in [-0.1, -0.05) is 0 Å². The number of aryl methyl sites for hydroxylation is 2. The third-order valence-corrected chi connectivity index (χ3v) is 6.30. The predicted octanol–water partition coefficient (Wildman–Crippen LogP) is 4.94. The van der Waals surface area contributed by atoms with Crippen molar-refractivity contribution in [3.63, 3.8) is 0 Å². The van der Waals surface area contributed by atoms with Crippen molar-refractivity contribution in [3.05, 3.63) is 29.8 Å². The first-order chi connectivity index (χ1) is 18.0. The van der Waals surface area contributed by atoms with Crippen molar-refractivity contribution in [1.82, 2.24) is 14.6 Å². The van der Waals surface area contributed by atoms with E-state index in [2.05, 4.69) is 10.1 Å². The molecule has 38 heavy (non-hydrogen) atoms. The lowest BCUT2D eigenvalue weighted by molar-refractivity contribution is -0.0381. The average molecular weight is 564 g/mol. The van der Waals surface area contributed by atoms with Crippen LogP contribution in [0.2, 0.25) is 0 Å². The Balaban J connectivity index is 1.90. The van der Waals surface area contributed by atoms with Crippen LogP contribution in [0.3, 0.4) is 0 Å². The van der Waals surface area contributed by atoms with Crippen LogP contribution in [-0.2, 0) is 43.7 Å². The Kier molecular flexibility index (Phi) is 12.9. The van der Waals surface area contributed by atoms with Gasteiger partial charge >= 0.3 is 19.9 Å². The lowest BCUT2D eigenvalue weighted by Gasteiger charge is -2.21. The van der Waals surface area contributed by atoms with Crippen LogP contribution in [0, 0.1) is 6.92 Å². The minimum Gasteiger partial charge on any atom is -0.432 e. The second-order valence-corrected chi connectivity index (χ2v) is 10.7. The molecule has 2 heterocycles. The van der Waals surface area contributed by atoms with Gasteiger partial charge in [0.15, 0.2) is 0 Å². The van der Waals surface area contributed by atoms with E-state index in [1.165, 1.54) is 6.33 Å². The van der Waals surface area contributed by atoms with E-state index in [0.29, 0.717) is 19.3 Å². The lowest BCUT2D eigenvalue weighted by atomic mass is 10.1. The topological polar surface area (TPSA) is 146 Å². The van der Waals surface area contributed by atoms with E-state index in [1.807, 2.05) is 19.1 Å². The molecule has 2 rings (SSSR count). The first-order valence-electron chi connectivity index (χ1n) is 12.0. The molecular weight excluding hydrogens is 528 g/mol. The van der Waals surface area contributed by atoms with Gasteiger partial charge in [-0.2, -0.15) is 5.10 Å². The summed E-state index contributed by atoms with van der Waals surface area (Å²) in [6.07, 6.45) is -1.70. The summed E-state index contributed by atoms with van der Waals surface area (Å²) >= 11 is 0. The monoisotopic (exact) mass is 563 g/mol. The van der Waals surface area contributed by atoms with Crippen LogP contribution in [-0.4, -0.2) is 71.8 Å². The molecule has 0 saturated carbocycles.